The van der Waals surface area contributed by atoms with Crippen LogP contribution in [0.4, 0.5) is 0 Å². The number of nitrogens with zero attached hydrogens (tertiary/aromatic N) is 2. The maximum Gasteiger partial charge on any atom is 0.356 e. The largest absolute Gasteiger partial charge is 0.476 e. The van der Waals surface area contributed by atoms with E-state index >= 15 is 0 Å². The van der Waals surface area contributed by atoms with Crippen LogP contribution in [-0.4, -0.2) is 21.0 Å². The molecule has 0 aliphatic heterocycles. The summed E-state index contributed by atoms with van der Waals surface area (Å²) in [5, 5.41) is 8.77. The Morgan fingerprint density at radius 1 is 1.54 bits per heavy atom. The first-order valence-corrected chi connectivity index (χ1v) is 4.09. The zero-order chi connectivity index (χ0) is 10.0. The van der Waals surface area contributed by atoms with Gasteiger partial charge in [0.2, 0.25) is 0 Å². The molecule has 1 aromatic heterocycles. The molecule has 0 saturated heterocycles. The van der Waals surface area contributed by atoms with Gasteiger partial charge in [-0.25, -0.2) is 9.78 Å². The fourth-order valence-electron chi connectivity index (χ4n) is 0.944. The summed E-state index contributed by atoms with van der Waals surface area (Å²) >= 11 is 0. The molecule has 4 heteroatoms. The Hall–Kier alpha value is -1.45. The Bertz CT molecular complexity index is 334. The van der Waals surface area contributed by atoms with E-state index in [1.54, 1.807) is 13.1 Å². The van der Waals surface area contributed by atoms with E-state index < -0.39 is 5.97 Å². The predicted octanol–water partition coefficient (Wildman–Crippen LogP) is 1.61. The zero-order valence-electron chi connectivity index (χ0n) is 7.90. The van der Waals surface area contributed by atoms with Crippen LogP contribution >= 0.6 is 0 Å². The molecule has 0 radical (unpaired) electrons. The standard InChI is InChI=1S/C9H12N2O2/c1-5(2)7-4-10-6(3)8(11-7)9(12)13/h4-5H,1-3H3,(H,12,13). The molecule has 1 heterocycles. The lowest BCUT2D eigenvalue weighted by Gasteiger charge is -2.05. The van der Waals surface area contributed by atoms with Crippen LogP contribution in [0.25, 0.3) is 0 Å². The van der Waals surface area contributed by atoms with Gasteiger partial charge in [0.05, 0.1) is 11.4 Å². The molecule has 0 aliphatic rings. The second-order valence-electron chi connectivity index (χ2n) is 3.19. The molecule has 0 aromatic carbocycles. The summed E-state index contributed by atoms with van der Waals surface area (Å²) in [4.78, 5) is 18.7. The quantitative estimate of drug-likeness (QED) is 0.750. The van der Waals surface area contributed by atoms with Crippen molar-refractivity contribution < 1.29 is 9.90 Å². The second-order valence-corrected chi connectivity index (χ2v) is 3.19. The van der Waals surface area contributed by atoms with E-state index in [-0.39, 0.29) is 11.6 Å². The van der Waals surface area contributed by atoms with Crippen LogP contribution in [0.2, 0.25) is 0 Å². The van der Waals surface area contributed by atoms with Gasteiger partial charge < -0.3 is 5.11 Å². The molecule has 1 rings (SSSR count). The molecule has 0 fully saturated rings. The molecule has 70 valence electrons. The molecule has 0 saturated carbocycles. The third-order valence-electron chi connectivity index (χ3n) is 1.77. The van der Waals surface area contributed by atoms with Crippen molar-refractivity contribution in [3.8, 4) is 0 Å². The fraction of sp³-hybridized carbons (Fsp3) is 0.444. The van der Waals surface area contributed by atoms with Gasteiger partial charge in [0.1, 0.15) is 0 Å². The Balaban J connectivity index is 3.19. The summed E-state index contributed by atoms with van der Waals surface area (Å²) in [6, 6.07) is 0. The van der Waals surface area contributed by atoms with Crippen molar-refractivity contribution >= 4 is 5.97 Å². The number of carboxylic acid groups (broad SMARTS) is 1. The number of hydrogen-bond donors (Lipinski definition) is 1. The minimum absolute atomic E-state index is 0.0474. The molecular weight excluding hydrogens is 168 g/mol. The lowest BCUT2D eigenvalue weighted by atomic mass is 10.1. The highest BCUT2D eigenvalue weighted by atomic mass is 16.4. The summed E-state index contributed by atoms with van der Waals surface area (Å²) < 4.78 is 0. The van der Waals surface area contributed by atoms with E-state index in [1.165, 1.54) is 0 Å². The van der Waals surface area contributed by atoms with Crippen LogP contribution in [0.1, 0.15) is 41.6 Å². The van der Waals surface area contributed by atoms with Crippen molar-refractivity contribution in [2.24, 2.45) is 0 Å². The maximum absolute atomic E-state index is 10.7. The third kappa shape index (κ3) is 2.02. The molecule has 4 nitrogen and oxygen atoms in total. The maximum atomic E-state index is 10.7. The smallest absolute Gasteiger partial charge is 0.356 e. The number of carboxylic acids is 1. The van der Waals surface area contributed by atoms with E-state index in [2.05, 4.69) is 9.97 Å². The topological polar surface area (TPSA) is 63.1 Å². The summed E-state index contributed by atoms with van der Waals surface area (Å²) in [5.74, 6) is -0.821. The molecule has 1 aromatic rings. The minimum Gasteiger partial charge on any atom is -0.476 e. The molecule has 1 N–H and O–H groups in total. The number of aryl methyl sites for hydroxylation is 1. The molecule has 0 atom stereocenters. The van der Waals surface area contributed by atoms with Crippen LogP contribution in [0.5, 0.6) is 0 Å². The van der Waals surface area contributed by atoms with Gasteiger partial charge in [-0.1, -0.05) is 13.8 Å². The molecular formula is C9H12N2O2. The van der Waals surface area contributed by atoms with Crippen molar-refractivity contribution in [1.82, 2.24) is 9.97 Å². The molecule has 0 unspecified atom stereocenters. The lowest BCUT2D eigenvalue weighted by molar-refractivity contribution is 0.0688. The van der Waals surface area contributed by atoms with Crippen LogP contribution in [0, 0.1) is 6.92 Å². The number of hydrogen-bond acceptors (Lipinski definition) is 3. The number of aromatic carboxylic acids is 1. The first-order chi connectivity index (χ1) is 6.02. The van der Waals surface area contributed by atoms with Crippen LogP contribution in [0.15, 0.2) is 6.20 Å². The van der Waals surface area contributed by atoms with E-state index in [9.17, 15) is 4.79 Å². The monoisotopic (exact) mass is 180 g/mol. The van der Waals surface area contributed by atoms with E-state index in [0.29, 0.717) is 11.4 Å². The van der Waals surface area contributed by atoms with Crippen molar-refractivity contribution in [2.75, 3.05) is 0 Å². The van der Waals surface area contributed by atoms with Crippen LogP contribution in [0.3, 0.4) is 0 Å². The SMILES string of the molecule is Cc1ncc(C(C)C)nc1C(=O)O. The van der Waals surface area contributed by atoms with Gasteiger partial charge >= 0.3 is 5.97 Å². The van der Waals surface area contributed by atoms with Gasteiger partial charge in [-0.3, -0.25) is 4.98 Å². The Labute approximate surface area is 76.7 Å². The average Bonchev–Trinajstić information content (AvgIpc) is 2.04. The van der Waals surface area contributed by atoms with Crippen molar-refractivity contribution in [3.63, 3.8) is 0 Å². The van der Waals surface area contributed by atoms with Crippen LogP contribution in [-0.2, 0) is 0 Å². The van der Waals surface area contributed by atoms with Crippen molar-refractivity contribution in [3.05, 3.63) is 23.3 Å². The van der Waals surface area contributed by atoms with E-state index in [1.807, 2.05) is 13.8 Å². The molecule has 0 amide bonds. The number of rotatable bonds is 2. The second kappa shape index (κ2) is 3.51. The van der Waals surface area contributed by atoms with Crippen molar-refractivity contribution in [2.45, 2.75) is 26.7 Å². The van der Waals surface area contributed by atoms with Crippen LogP contribution < -0.4 is 0 Å². The highest BCUT2D eigenvalue weighted by Crippen LogP contribution is 2.11. The van der Waals surface area contributed by atoms with Gasteiger partial charge in [0.15, 0.2) is 5.69 Å². The predicted molar refractivity (Wildman–Crippen MR) is 47.8 cm³/mol. The van der Waals surface area contributed by atoms with Gasteiger partial charge in [-0.05, 0) is 12.8 Å². The summed E-state index contributed by atoms with van der Waals surface area (Å²) in [5.41, 5.74) is 1.21. The molecule has 0 aliphatic carbocycles. The average molecular weight is 180 g/mol. The number of aromatic nitrogens is 2. The summed E-state index contributed by atoms with van der Waals surface area (Å²) in [7, 11) is 0. The van der Waals surface area contributed by atoms with Gasteiger partial charge in [0.25, 0.3) is 0 Å². The number of carbonyl (C=O) groups is 1. The van der Waals surface area contributed by atoms with E-state index in [0.717, 1.165) is 0 Å². The highest BCUT2D eigenvalue weighted by molar-refractivity contribution is 5.86. The van der Waals surface area contributed by atoms with Crippen molar-refractivity contribution in [1.29, 1.82) is 0 Å². The third-order valence-corrected chi connectivity index (χ3v) is 1.77. The zero-order valence-corrected chi connectivity index (χ0v) is 7.90. The Kier molecular flexibility index (Phi) is 2.60. The Morgan fingerprint density at radius 2 is 2.15 bits per heavy atom. The molecule has 0 spiro atoms. The van der Waals surface area contributed by atoms with Gasteiger partial charge in [0, 0.05) is 6.20 Å². The lowest BCUT2D eigenvalue weighted by Crippen LogP contribution is -2.08. The summed E-state index contributed by atoms with van der Waals surface area (Å²) in [6.45, 7) is 5.54. The molecule has 13 heavy (non-hydrogen) atoms. The first kappa shape index (κ1) is 9.64. The van der Waals surface area contributed by atoms with E-state index in [4.69, 9.17) is 5.11 Å². The summed E-state index contributed by atoms with van der Waals surface area (Å²) in [6.07, 6.45) is 1.62. The first-order valence-electron chi connectivity index (χ1n) is 4.09. The Morgan fingerprint density at radius 3 is 2.62 bits per heavy atom. The normalized spacial score (nSPS) is 10.5. The minimum atomic E-state index is -1.02. The highest BCUT2D eigenvalue weighted by Gasteiger charge is 2.12. The fourth-order valence-corrected chi connectivity index (χ4v) is 0.944. The van der Waals surface area contributed by atoms with Gasteiger partial charge in [-0.2, -0.15) is 0 Å². The molecule has 0 bridgehead atoms. The van der Waals surface area contributed by atoms with Gasteiger partial charge in [-0.15, -0.1) is 0 Å².